The van der Waals surface area contributed by atoms with Gasteiger partial charge < -0.3 is 8.74 Å². The first kappa shape index (κ1) is 6.43. The van der Waals surface area contributed by atoms with Crippen molar-refractivity contribution in [3.05, 3.63) is 18.6 Å². The van der Waals surface area contributed by atoms with Gasteiger partial charge in [0, 0.05) is 0 Å². The molecule has 7 heavy (non-hydrogen) atoms. The minimum atomic E-state index is -2.47. The van der Waals surface area contributed by atoms with Crippen LogP contribution in [0, 0.1) is 0 Å². The topological polar surface area (TPSA) is 49.4 Å². The third-order valence-electron chi connectivity index (χ3n) is 0.210. The molecule has 0 fully saturated rings. The van der Waals surface area contributed by atoms with E-state index < -0.39 is 11.4 Å². The van der Waals surface area contributed by atoms with Gasteiger partial charge in [0.05, 0.1) is 0 Å². The molecule has 0 rings (SSSR count). The molecule has 0 aromatic heterocycles. The van der Waals surface area contributed by atoms with Gasteiger partial charge in [-0.2, -0.15) is 0 Å². The molecular formula is C3H3O3S-. The Kier molecular flexibility index (Phi) is 3.32. The fourth-order valence-electron chi connectivity index (χ4n) is 0.0733. The average molecular weight is 119 g/mol. The minimum absolute atomic E-state index is 0.850. The largest absolute Gasteiger partial charge is 0.740 e. The second-order valence-electron chi connectivity index (χ2n) is 0.622. The van der Waals surface area contributed by atoms with Crippen molar-refractivity contribution in [3.63, 3.8) is 0 Å². The highest BCUT2D eigenvalue weighted by Crippen LogP contribution is 1.75. The predicted molar refractivity (Wildman–Crippen MR) is 23.7 cm³/mol. The fourth-order valence-corrected chi connectivity index (χ4v) is 0.220. The van der Waals surface area contributed by atoms with E-state index in [0.29, 0.717) is 0 Å². The quantitative estimate of drug-likeness (QED) is 0.294. The molecule has 0 saturated heterocycles. The molecule has 4 heteroatoms. The highest BCUT2D eigenvalue weighted by atomic mass is 32.2. The van der Waals surface area contributed by atoms with E-state index in [1.165, 1.54) is 0 Å². The SMILES string of the molecule is C=C=COS(=O)[O-]. The molecular weight excluding hydrogens is 116 g/mol. The van der Waals surface area contributed by atoms with Gasteiger partial charge in [-0.15, -0.1) is 0 Å². The summed E-state index contributed by atoms with van der Waals surface area (Å²) in [6.45, 7) is 3.05. The van der Waals surface area contributed by atoms with Crippen LogP contribution in [0.5, 0.6) is 0 Å². The van der Waals surface area contributed by atoms with E-state index in [-0.39, 0.29) is 0 Å². The summed E-state index contributed by atoms with van der Waals surface area (Å²) in [5, 5.41) is 0. The zero-order valence-corrected chi connectivity index (χ0v) is 4.23. The summed E-state index contributed by atoms with van der Waals surface area (Å²) < 4.78 is 22.7. The smallest absolute Gasteiger partial charge is 0.144 e. The van der Waals surface area contributed by atoms with Gasteiger partial charge in [0.2, 0.25) is 0 Å². The van der Waals surface area contributed by atoms with Crippen molar-refractivity contribution in [2.75, 3.05) is 0 Å². The molecule has 0 aromatic rings. The predicted octanol–water partition coefficient (Wildman–Crippen LogP) is 0.0957. The molecule has 0 aliphatic rings. The normalized spacial score (nSPS) is 11.6. The molecule has 0 aliphatic heterocycles. The van der Waals surface area contributed by atoms with Crippen molar-refractivity contribution in [2.45, 2.75) is 0 Å². The van der Waals surface area contributed by atoms with Crippen molar-refractivity contribution < 1.29 is 12.9 Å². The van der Waals surface area contributed by atoms with Gasteiger partial charge in [-0.1, -0.05) is 12.3 Å². The lowest BCUT2D eigenvalue weighted by Crippen LogP contribution is -1.84. The monoisotopic (exact) mass is 119 g/mol. The fraction of sp³-hybridized carbons (Fsp3) is 0. The van der Waals surface area contributed by atoms with Gasteiger partial charge in [0.25, 0.3) is 0 Å². The highest BCUT2D eigenvalue weighted by molar-refractivity contribution is 7.74. The Balaban J connectivity index is 3.32. The van der Waals surface area contributed by atoms with Crippen LogP contribution in [-0.2, 0) is 15.5 Å². The third kappa shape index (κ3) is 5.43. The van der Waals surface area contributed by atoms with Crippen molar-refractivity contribution in [1.82, 2.24) is 0 Å². The van der Waals surface area contributed by atoms with Gasteiger partial charge in [-0.25, -0.2) is 4.21 Å². The van der Waals surface area contributed by atoms with Gasteiger partial charge in [0.15, 0.2) is 0 Å². The molecule has 3 nitrogen and oxygen atoms in total. The molecule has 1 atom stereocenters. The summed E-state index contributed by atoms with van der Waals surface area (Å²) in [5.74, 6) is 0. The summed E-state index contributed by atoms with van der Waals surface area (Å²) in [6, 6.07) is 0. The second kappa shape index (κ2) is 3.61. The summed E-state index contributed by atoms with van der Waals surface area (Å²) in [5.41, 5.74) is 2.11. The lowest BCUT2D eigenvalue weighted by atomic mass is 11.0. The molecule has 40 valence electrons. The number of hydrogen-bond donors (Lipinski definition) is 0. The molecule has 0 aliphatic carbocycles. The Hall–Kier alpha value is -0.570. The summed E-state index contributed by atoms with van der Waals surface area (Å²) >= 11 is -2.47. The van der Waals surface area contributed by atoms with Gasteiger partial charge in [-0.05, 0) is 0 Å². The number of rotatable bonds is 2. The van der Waals surface area contributed by atoms with Crippen LogP contribution in [0.4, 0.5) is 0 Å². The molecule has 0 bridgehead atoms. The van der Waals surface area contributed by atoms with E-state index in [0.717, 1.165) is 6.26 Å². The summed E-state index contributed by atoms with van der Waals surface area (Å²) in [6.07, 6.45) is 0.850. The maximum absolute atomic E-state index is 9.44. The van der Waals surface area contributed by atoms with E-state index in [9.17, 15) is 8.76 Å². The zero-order chi connectivity index (χ0) is 5.70. The molecule has 0 aromatic carbocycles. The number of hydrogen-bond acceptors (Lipinski definition) is 3. The van der Waals surface area contributed by atoms with Crippen molar-refractivity contribution >= 4 is 11.4 Å². The second-order valence-corrected chi connectivity index (χ2v) is 1.22. The van der Waals surface area contributed by atoms with Gasteiger partial charge >= 0.3 is 0 Å². The molecule has 0 spiro atoms. The Morgan fingerprint density at radius 2 is 2.57 bits per heavy atom. The minimum Gasteiger partial charge on any atom is -0.740 e. The molecule has 0 heterocycles. The highest BCUT2D eigenvalue weighted by Gasteiger charge is 1.66. The maximum atomic E-state index is 9.44. The maximum Gasteiger partial charge on any atom is 0.144 e. The first-order valence-corrected chi connectivity index (χ1v) is 2.38. The van der Waals surface area contributed by atoms with Gasteiger partial charge in [-0.3, -0.25) is 0 Å². The first-order valence-electron chi connectivity index (χ1n) is 1.38. The standard InChI is InChI=1S/C3H4O3S/c1-2-3-6-7(4)5/h3H,1H2,(H,4,5)/p-1. The van der Waals surface area contributed by atoms with Crippen LogP contribution in [-0.4, -0.2) is 8.76 Å². The van der Waals surface area contributed by atoms with E-state index in [1.54, 1.807) is 0 Å². The molecule has 0 saturated carbocycles. The first-order chi connectivity index (χ1) is 3.27. The summed E-state index contributed by atoms with van der Waals surface area (Å²) in [7, 11) is 0. The van der Waals surface area contributed by atoms with Crippen LogP contribution in [0.3, 0.4) is 0 Å². The van der Waals surface area contributed by atoms with E-state index in [1.807, 2.05) is 0 Å². The lowest BCUT2D eigenvalue weighted by Gasteiger charge is -1.96. The van der Waals surface area contributed by atoms with Crippen molar-refractivity contribution in [1.29, 1.82) is 0 Å². The molecule has 0 amide bonds. The Labute approximate surface area is 43.8 Å². The Morgan fingerprint density at radius 1 is 2.00 bits per heavy atom. The molecule has 1 unspecified atom stereocenters. The van der Waals surface area contributed by atoms with Crippen LogP contribution in [0.25, 0.3) is 0 Å². The Morgan fingerprint density at radius 3 is 2.71 bits per heavy atom. The Bertz CT molecular complexity index is 113. The molecule has 0 radical (unpaired) electrons. The van der Waals surface area contributed by atoms with E-state index in [4.69, 9.17) is 0 Å². The lowest BCUT2D eigenvalue weighted by molar-refractivity contribution is 0.406. The van der Waals surface area contributed by atoms with Crippen LogP contribution < -0.4 is 0 Å². The van der Waals surface area contributed by atoms with Crippen molar-refractivity contribution in [2.24, 2.45) is 0 Å². The van der Waals surface area contributed by atoms with E-state index >= 15 is 0 Å². The summed E-state index contributed by atoms with van der Waals surface area (Å²) in [4.78, 5) is 0. The van der Waals surface area contributed by atoms with Crippen LogP contribution in [0.2, 0.25) is 0 Å². The van der Waals surface area contributed by atoms with E-state index in [2.05, 4.69) is 16.5 Å². The van der Waals surface area contributed by atoms with Crippen LogP contribution in [0.1, 0.15) is 0 Å². The van der Waals surface area contributed by atoms with Gasteiger partial charge in [0.1, 0.15) is 17.6 Å². The zero-order valence-electron chi connectivity index (χ0n) is 3.42. The molecule has 0 N–H and O–H groups in total. The third-order valence-corrected chi connectivity index (χ3v) is 0.463. The van der Waals surface area contributed by atoms with Crippen LogP contribution in [0.15, 0.2) is 18.6 Å². The van der Waals surface area contributed by atoms with Crippen molar-refractivity contribution in [3.8, 4) is 0 Å². The van der Waals surface area contributed by atoms with Crippen LogP contribution >= 0.6 is 0 Å². The average Bonchev–Trinajstić information content (AvgIpc) is 1.61.